The first kappa shape index (κ1) is 47.8. The molecule has 67 heavy (non-hydrogen) atoms. The molecule has 0 unspecified atom stereocenters. The van der Waals surface area contributed by atoms with Crippen molar-refractivity contribution in [2.45, 2.75) is 124 Å². The van der Waals surface area contributed by atoms with Crippen LogP contribution in [0.4, 0.5) is 22.7 Å². The first-order chi connectivity index (χ1) is 31.0. The van der Waals surface area contributed by atoms with E-state index >= 15 is 0 Å². The number of anilines is 4. The van der Waals surface area contributed by atoms with Crippen LogP contribution in [0.25, 0.3) is 27.6 Å². The summed E-state index contributed by atoms with van der Waals surface area (Å²) in [6.45, 7) is 33.9. The quantitative estimate of drug-likeness (QED) is 0.149. The van der Waals surface area contributed by atoms with Crippen molar-refractivity contribution in [1.29, 1.82) is 0 Å². The summed E-state index contributed by atoms with van der Waals surface area (Å²) in [5, 5.41) is 2.26. The van der Waals surface area contributed by atoms with Crippen LogP contribution in [0.1, 0.15) is 130 Å². The van der Waals surface area contributed by atoms with Crippen molar-refractivity contribution in [2.75, 3.05) is 9.80 Å². The molecule has 0 saturated carbocycles. The van der Waals surface area contributed by atoms with Gasteiger partial charge in [-0.1, -0.05) is 163 Å². The largest absolute Gasteiger partial charge is 0.509 e. The molecule has 0 N–H and O–H groups in total. The van der Waals surface area contributed by atoms with Crippen LogP contribution in [0.3, 0.4) is 0 Å². The average molecular weight is 1070 g/mol. The summed E-state index contributed by atoms with van der Waals surface area (Å²) in [4.78, 5) is 9.58. The summed E-state index contributed by atoms with van der Waals surface area (Å²) in [6, 6.07) is 53.9. The topological polar surface area (TPSA) is 33.5 Å². The second kappa shape index (κ2) is 17.1. The minimum absolute atomic E-state index is 0. The van der Waals surface area contributed by atoms with E-state index in [2.05, 4.69) is 251 Å². The Kier molecular flexibility index (Phi) is 12.2. The van der Waals surface area contributed by atoms with Gasteiger partial charge in [-0.15, -0.1) is 53.6 Å². The maximum absolute atomic E-state index is 6.93. The zero-order chi connectivity index (χ0) is 47.1. The van der Waals surface area contributed by atoms with E-state index < -0.39 is 0 Å². The first-order valence-electron chi connectivity index (χ1n) is 23.4. The molecule has 3 heterocycles. The van der Waals surface area contributed by atoms with Crippen LogP contribution in [0.2, 0.25) is 0 Å². The monoisotopic (exact) mass is 1060 g/mol. The third kappa shape index (κ3) is 9.21. The number of ether oxygens (including phenoxy) is 1. The normalized spacial score (nSPS) is 13.6. The van der Waals surface area contributed by atoms with Gasteiger partial charge in [-0.3, -0.25) is 0 Å². The molecule has 2 aromatic heterocycles. The summed E-state index contributed by atoms with van der Waals surface area (Å²) >= 11 is 0. The molecule has 1 aliphatic rings. The van der Waals surface area contributed by atoms with Crippen molar-refractivity contribution in [3.63, 3.8) is 0 Å². The van der Waals surface area contributed by atoms with Gasteiger partial charge in [0, 0.05) is 66.8 Å². The first-order valence-corrected chi connectivity index (χ1v) is 23.4. The second-order valence-electron chi connectivity index (χ2n) is 22.9. The van der Waals surface area contributed by atoms with Crippen molar-refractivity contribution < 1.29 is 25.8 Å². The standard InChI is InChI=1S/C61H65N4O.Pt/c1-57(2,3)41-21-18-22-46(31-41)63-39-64(52-28-24-44(35-55(52)63)61(13,14)40-19-16-15-17-20-40)47-32-45(60(10,11)12)33-49(37-47)66-48-25-27-51-50-26-23-42(58(4,5)6)34-53(50)65(54(51)38-48)56-36-43(29-30-62-56)59(7,8)9;/h15-36,39H,1-14H3;/q-3;. The number of nitrogens with zero attached hydrogens (tertiary/aromatic N) is 4. The Labute approximate surface area is 414 Å². The Morgan fingerprint density at radius 3 is 1.79 bits per heavy atom. The summed E-state index contributed by atoms with van der Waals surface area (Å²) < 4.78 is 9.19. The average Bonchev–Trinajstić information content (AvgIpc) is 3.81. The fraction of sp³-hybridized carbons (Fsp3) is 0.311. The van der Waals surface area contributed by atoms with E-state index in [0.717, 1.165) is 55.9 Å². The van der Waals surface area contributed by atoms with E-state index in [1.807, 2.05) is 12.3 Å². The number of hydrogen-bond acceptors (Lipinski definition) is 4. The van der Waals surface area contributed by atoms with Crippen LogP contribution >= 0.6 is 0 Å². The molecular formula is C61H65N4OPt-3. The molecule has 348 valence electrons. The van der Waals surface area contributed by atoms with E-state index in [1.165, 1.54) is 27.8 Å². The van der Waals surface area contributed by atoms with Gasteiger partial charge in [0.2, 0.25) is 0 Å². The fourth-order valence-electron chi connectivity index (χ4n) is 9.05. The number of fused-ring (bicyclic) bond motifs is 4. The van der Waals surface area contributed by atoms with Crippen LogP contribution < -0.4 is 14.5 Å². The van der Waals surface area contributed by atoms with Gasteiger partial charge in [-0.2, -0.15) is 6.07 Å². The van der Waals surface area contributed by atoms with Gasteiger partial charge in [0.1, 0.15) is 5.82 Å². The van der Waals surface area contributed by atoms with Gasteiger partial charge in [0.05, 0.1) is 0 Å². The summed E-state index contributed by atoms with van der Waals surface area (Å²) in [5.74, 6) is 2.10. The summed E-state index contributed by atoms with van der Waals surface area (Å²) in [5.41, 5.74) is 13.2. The Morgan fingerprint density at radius 1 is 0.478 bits per heavy atom. The molecule has 0 saturated heterocycles. The van der Waals surface area contributed by atoms with Gasteiger partial charge < -0.3 is 19.1 Å². The predicted octanol–water partition coefficient (Wildman–Crippen LogP) is 16.5. The molecule has 6 aromatic carbocycles. The van der Waals surface area contributed by atoms with Crippen LogP contribution in [0, 0.1) is 18.8 Å². The molecule has 9 rings (SSSR count). The van der Waals surface area contributed by atoms with Crippen molar-refractivity contribution in [3.05, 3.63) is 186 Å². The molecule has 0 spiro atoms. The zero-order valence-corrected chi connectivity index (χ0v) is 44.1. The third-order valence-electron chi connectivity index (χ3n) is 13.5. The predicted molar refractivity (Wildman–Crippen MR) is 278 cm³/mol. The summed E-state index contributed by atoms with van der Waals surface area (Å²) in [7, 11) is 0. The minimum atomic E-state index is -0.217. The van der Waals surface area contributed by atoms with Crippen molar-refractivity contribution in [2.24, 2.45) is 0 Å². The smallest absolute Gasteiger partial charge is 0.135 e. The number of pyridine rings is 1. The SMILES string of the molecule is CC(C)(C)c1cc(Oc2[c-]c3c(cc2)c2ccc(C(C)(C)C)cc2n3-c2cc(C(C)(C)C)ccn2)[c-]c(N2[CH-]N(c3cccc(C(C)(C)C)c3)c3cc(C(C)(C)c4ccccc4)ccc32)c1.[Pt]. The maximum Gasteiger partial charge on any atom is 0.135 e. The van der Waals surface area contributed by atoms with E-state index in [4.69, 9.17) is 9.72 Å². The van der Waals surface area contributed by atoms with Gasteiger partial charge in [-0.05, 0) is 97.3 Å². The van der Waals surface area contributed by atoms with Crippen LogP contribution in [0.5, 0.6) is 11.5 Å². The van der Waals surface area contributed by atoms with Gasteiger partial charge in [-0.25, -0.2) is 4.98 Å². The van der Waals surface area contributed by atoms with E-state index in [1.54, 1.807) is 0 Å². The molecule has 0 atom stereocenters. The minimum Gasteiger partial charge on any atom is -0.509 e. The van der Waals surface area contributed by atoms with Gasteiger partial charge in [0.25, 0.3) is 0 Å². The molecule has 0 radical (unpaired) electrons. The van der Waals surface area contributed by atoms with E-state index in [-0.39, 0.29) is 48.1 Å². The number of rotatable bonds is 7. The second-order valence-corrected chi connectivity index (χ2v) is 22.9. The Balaban J connectivity index is 0.00000608. The fourth-order valence-corrected chi connectivity index (χ4v) is 9.05. The Morgan fingerprint density at radius 2 is 1.10 bits per heavy atom. The molecule has 0 bridgehead atoms. The molecule has 0 amide bonds. The zero-order valence-electron chi connectivity index (χ0n) is 41.8. The molecule has 6 heteroatoms. The number of hydrogen-bond donors (Lipinski definition) is 0. The van der Waals surface area contributed by atoms with Crippen LogP contribution in [-0.2, 0) is 48.1 Å². The van der Waals surface area contributed by atoms with E-state index in [0.29, 0.717) is 11.5 Å². The van der Waals surface area contributed by atoms with Crippen LogP contribution in [0.15, 0.2) is 134 Å². The number of benzene rings is 6. The van der Waals surface area contributed by atoms with Gasteiger partial charge in [0.15, 0.2) is 0 Å². The molecule has 8 aromatic rings. The van der Waals surface area contributed by atoms with E-state index in [9.17, 15) is 0 Å². The maximum atomic E-state index is 6.93. The molecule has 1 aliphatic heterocycles. The number of aromatic nitrogens is 2. The van der Waals surface area contributed by atoms with Crippen molar-refractivity contribution >= 4 is 44.6 Å². The van der Waals surface area contributed by atoms with Crippen molar-refractivity contribution in [3.8, 4) is 17.3 Å². The van der Waals surface area contributed by atoms with Gasteiger partial charge >= 0.3 is 0 Å². The van der Waals surface area contributed by atoms with Crippen LogP contribution in [-0.4, -0.2) is 9.55 Å². The molecular weight excluding hydrogens is 1000 g/mol. The third-order valence-corrected chi connectivity index (χ3v) is 13.5. The molecule has 5 nitrogen and oxygen atoms in total. The Bertz CT molecular complexity index is 3120. The van der Waals surface area contributed by atoms with Crippen molar-refractivity contribution in [1.82, 2.24) is 9.55 Å². The molecule has 0 fully saturated rings. The Hall–Kier alpha value is -5.64. The summed E-state index contributed by atoms with van der Waals surface area (Å²) in [6.07, 6.45) is 1.93. The molecule has 0 aliphatic carbocycles.